The zero-order valence-electron chi connectivity index (χ0n) is 11.0. The molecule has 0 N–H and O–H groups in total. The molecule has 0 aliphatic carbocycles. The Morgan fingerprint density at radius 1 is 0.842 bits per heavy atom. The van der Waals surface area contributed by atoms with Crippen molar-refractivity contribution in [3.63, 3.8) is 0 Å². The van der Waals surface area contributed by atoms with E-state index in [2.05, 4.69) is 0 Å². The highest BCUT2D eigenvalue weighted by molar-refractivity contribution is 5.99. The maximum absolute atomic E-state index is 11.2. The summed E-state index contributed by atoms with van der Waals surface area (Å²) in [7, 11) is 3.87. The van der Waals surface area contributed by atoms with Crippen LogP contribution in [0.2, 0.25) is 0 Å². The first-order chi connectivity index (χ1) is 9.19. The number of para-hydroxylation sites is 1. The summed E-state index contributed by atoms with van der Waals surface area (Å²) in [6, 6.07) is 12.9. The van der Waals surface area contributed by atoms with Gasteiger partial charge in [-0.05, 0) is 6.07 Å². The topological polar surface area (TPSA) is 37.4 Å². The molecule has 0 bridgehead atoms. The van der Waals surface area contributed by atoms with Crippen molar-refractivity contribution in [2.45, 2.75) is 0 Å². The van der Waals surface area contributed by atoms with Crippen molar-refractivity contribution in [1.29, 1.82) is 0 Å². The monoisotopic (exact) mass is 253 g/mol. The second kappa shape index (κ2) is 5.48. The summed E-state index contributed by atoms with van der Waals surface area (Å²) in [5.41, 5.74) is 3.60. The fourth-order valence-electron chi connectivity index (χ4n) is 2.17. The summed E-state index contributed by atoms with van der Waals surface area (Å²) in [6.45, 7) is 0. The standard InChI is InChI=1S/C16H15NO2/c1-17(2)15-9-4-3-8-14(15)16-12(10-18)6-5-7-13(16)11-19/h3-11H,1-2H3. The maximum Gasteiger partial charge on any atom is 0.150 e. The Labute approximate surface area is 112 Å². The lowest BCUT2D eigenvalue weighted by Gasteiger charge is -2.19. The van der Waals surface area contributed by atoms with Gasteiger partial charge in [0, 0.05) is 42.0 Å². The van der Waals surface area contributed by atoms with E-state index in [9.17, 15) is 9.59 Å². The van der Waals surface area contributed by atoms with E-state index >= 15 is 0 Å². The van der Waals surface area contributed by atoms with E-state index in [1.807, 2.05) is 43.3 Å². The molecule has 0 aliphatic heterocycles. The third-order valence-corrected chi connectivity index (χ3v) is 3.04. The van der Waals surface area contributed by atoms with Gasteiger partial charge in [0.2, 0.25) is 0 Å². The Morgan fingerprint density at radius 2 is 1.42 bits per heavy atom. The molecule has 0 saturated heterocycles. The highest BCUT2D eigenvalue weighted by atomic mass is 16.1. The SMILES string of the molecule is CN(C)c1ccccc1-c1c(C=O)cccc1C=O. The molecule has 96 valence electrons. The van der Waals surface area contributed by atoms with Crippen LogP contribution in [0, 0.1) is 0 Å². The number of hydrogen-bond donors (Lipinski definition) is 0. The molecule has 0 atom stereocenters. The third kappa shape index (κ3) is 2.40. The Bertz CT molecular complexity index is 592. The van der Waals surface area contributed by atoms with Crippen molar-refractivity contribution < 1.29 is 9.59 Å². The van der Waals surface area contributed by atoms with Crippen LogP contribution in [0.15, 0.2) is 42.5 Å². The lowest BCUT2D eigenvalue weighted by Crippen LogP contribution is -2.10. The normalized spacial score (nSPS) is 10.0. The van der Waals surface area contributed by atoms with Gasteiger partial charge in [-0.1, -0.05) is 36.4 Å². The number of rotatable bonds is 4. The lowest BCUT2D eigenvalue weighted by molar-refractivity contribution is 0.112. The van der Waals surface area contributed by atoms with E-state index in [0.717, 1.165) is 23.8 Å². The van der Waals surface area contributed by atoms with Gasteiger partial charge in [0.05, 0.1) is 0 Å². The minimum absolute atomic E-state index is 0.527. The van der Waals surface area contributed by atoms with Gasteiger partial charge in [0.1, 0.15) is 0 Å². The number of hydrogen-bond acceptors (Lipinski definition) is 3. The number of anilines is 1. The molecule has 0 unspecified atom stereocenters. The van der Waals surface area contributed by atoms with E-state index in [1.165, 1.54) is 0 Å². The number of carbonyl (C=O) groups is 2. The van der Waals surface area contributed by atoms with Crippen molar-refractivity contribution in [3.05, 3.63) is 53.6 Å². The van der Waals surface area contributed by atoms with Crippen LogP contribution in [-0.2, 0) is 0 Å². The fourth-order valence-corrected chi connectivity index (χ4v) is 2.17. The van der Waals surface area contributed by atoms with Crippen molar-refractivity contribution in [2.75, 3.05) is 19.0 Å². The van der Waals surface area contributed by atoms with Gasteiger partial charge >= 0.3 is 0 Å². The van der Waals surface area contributed by atoms with Gasteiger partial charge in [-0.3, -0.25) is 9.59 Å². The summed E-state index contributed by atoms with van der Waals surface area (Å²) < 4.78 is 0. The van der Waals surface area contributed by atoms with E-state index in [-0.39, 0.29) is 0 Å². The van der Waals surface area contributed by atoms with Gasteiger partial charge in [-0.25, -0.2) is 0 Å². The third-order valence-electron chi connectivity index (χ3n) is 3.04. The predicted octanol–water partition coefficient (Wildman–Crippen LogP) is 3.04. The van der Waals surface area contributed by atoms with Crippen LogP contribution in [0.25, 0.3) is 11.1 Å². The molecule has 0 radical (unpaired) electrons. The highest BCUT2D eigenvalue weighted by Crippen LogP contribution is 2.33. The van der Waals surface area contributed by atoms with Crippen LogP contribution in [0.1, 0.15) is 20.7 Å². The zero-order chi connectivity index (χ0) is 13.8. The minimum atomic E-state index is 0.527. The summed E-state index contributed by atoms with van der Waals surface area (Å²) in [6.07, 6.45) is 1.57. The Morgan fingerprint density at radius 3 is 1.95 bits per heavy atom. The van der Waals surface area contributed by atoms with Gasteiger partial charge in [0.15, 0.2) is 12.6 Å². The molecule has 0 amide bonds. The van der Waals surface area contributed by atoms with E-state index in [0.29, 0.717) is 16.7 Å². The van der Waals surface area contributed by atoms with Crippen molar-refractivity contribution >= 4 is 18.3 Å². The zero-order valence-corrected chi connectivity index (χ0v) is 11.0. The molecule has 2 rings (SSSR count). The molecule has 0 heterocycles. The fraction of sp³-hybridized carbons (Fsp3) is 0.125. The summed E-state index contributed by atoms with van der Waals surface area (Å²) in [4.78, 5) is 24.4. The number of benzene rings is 2. The van der Waals surface area contributed by atoms with Crippen LogP contribution in [0.4, 0.5) is 5.69 Å². The predicted molar refractivity (Wildman–Crippen MR) is 77.0 cm³/mol. The van der Waals surface area contributed by atoms with Crippen molar-refractivity contribution in [1.82, 2.24) is 0 Å². The quantitative estimate of drug-likeness (QED) is 0.786. The maximum atomic E-state index is 11.2. The lowest BCUT2D eigenvalue weighted by atomic mass is 9.94. The molecule has 3 heteroatoms. The van der Waals surface area contributed by atoms with Crippen LogP contribution >= 0.6 is 0 Å². The first-order valence-electron chi connectivity index (χ1n) is 5.99. The largest absolute Gasteiger partial charge is 0.377 e. The van der Waals surface area contributed by atoms with Gasteiger partial charge in [0.25, 0.3) is 0 Å². The first kappa shape index (κ1) is 13.0. The molecule has 3 nitrogen and oxygen atoms in total. The number of carbonyl (C=O) groups excluding carboxylic acids is 2. The molecule has 2 aromatic carbocycles. The second-order valence-electron chi connectivity index (χ2n) is 4.46. The van der Waals surface area contributed by atoms with Crippen LogP contribution in [0.3, 0.4) is 0 Å². The van der Waals surface area contributed by atoms with Crippen molar-refractivity contribution in [3.8, 4) is 11.1 Å². The number of aldehydes is 2. The smallest absolute Gasteiger partial charge is 0.150 e. The van der Waals surface area contributed by atoms with Gasteiger partial charge < -0.3 is 4.90 Å². The van der Waals surface area contributed by atoms with E-state index in [4.69, 9.17) is 0 Å². The molecule has 0 aromatic heterocycles. The average Bonchev–Trinajstić information content (AvgIpc) is 2.46. The van der Waals surface area contributed by atoms with Crippen LogP contribution in [-0.4, -0.2) is 26.7 Å². The highest BCUT2D eigenvalue weighted by Gasteiger charge is 2.14. The van der Waals surface area contributed by atoms with Gasteiger partial charge in [-0.15, -0.1) is 0 Å². The van der Waals surface area contributed by atoms with E-state index < -0.39 is 0 Å². The molecule has 0 aliphatic rings. The van der Waals surface area contributed by atoms with Gasteiger partial charge in [-0.2, -0.15) is 0 Å². The average molecular weight is 253 g/mol. The summed E-state index contributed by atoms with van der Waals surface area (Å²) >= 11 is 0. The molecule has 2 aromatic rings. The Balaban J connectivity index is 2.78. The summed E-state index contributed by atoms with van der Waals surface area (Å²) in [5, 5.41) is 0. The summed E-state index contributed by atoms with van der Waals surface area (Å²) in [5.74, 6) is 0. The Hall–Kier alpha value is -2.42. The molecule has 0 fully saturated rings. The minimum Gasteiger partial charge on any atom is -0.377 e. The van der Waals surface area contributed by atoms with Crippen LogP contribution in [0.5, 0.6) is 0 Å². The molecule has 0 spiro atoms. The van der Waals surface area contributed by atoms with Crippen molar-refractivity contribution in [2.24, 2.45) is 0 Å². The molecule has 19 heavy (non-hydrogen) atoms. The molecule has 0 saturated carbocycles. The van der Waals surface area contributed by atoms with Crippen LogP contribution < -0.4 is 4.90 Å². The Kier molecular flexibility index (Phi) is 3.76. The second-order valence-corrected chi connectivity index (χ2v) is 4.46. The number of nitrogens with zero attached hydrogens (tertiary/aromatic N) is 1. The molecular weight excluding hydrogens is 238 g/mol. The van der Waals surface area contributed by atoms with E-state index in [1.54, 1.807) is 18.2 Å². The molecular formula is C16H15NO2. The first-order valence-corrected chi connectivity index (χ1v) is 5.99.